The molecule has 0 radical (unpaired) electrons. The lowest BCUT2D eigenvalue weighted by Crippen LogP contribution is -2.16. The molecular formula is C13H18N4. The average molecular weight is 230 g/mol. The molecule has 0 aliphatic carbocycles. The molecule has 0 aliphatic heterocycles. The first-order valence-corrected chi connectivity index (χ1v) is 5.91. The lowest BCUT2D eigenvalue weighted by atomic mass is 10.1. The van der Waals surface area contributed by atoms with Crippen LogP contribution in [-0.2, 0) is 26.6 Å². The molecule has 0 unspecified atom stereocenters. The fraction of sp³-hybridized carbons (Fsp3) is 0.385. The molecule has 0 fully saturated rings. The van der Waals surface area contributed by atoms with E-state index in [1.807, 2.05) is 11.6 Å². The summed E-state index contributed by atoms with van der Waals surface area (Å²) in [6.45, 7) is 3.80. The lowest BCUT2D eigenvalue weighted by molar-refractivity contribution is 0.634. The van der Waals surface area contributed by atoms with Crippen molar-refractivity contribution in [2.75, 3.05) is 0 Å². The van der Waals surface area contributed by atoms with Gasteiger partial charge in [-0.25, -0.2) is 0 Å². The fourth-order valence-electron chi connectivity index (χ4n) is 1.85. The molecule has 2 rings (SSSR count). The number of aryl methyl sites for hydroxylation is 2. The molecule has 0 aliphatic rings. The molecular weight excluding hydrogens is 212 g/mol. The van der Waals surface area contributed by atoms with E-state index in [1.165, 1.54) is 11.1 Å². The van der Waals surface area contributed by atoms with Crippen molar-refractivity contribution < 1.29 is 0 Å². The maximum absolute atomic E-state index is 4.04. The highest BCUT2D eigenvalue weighted by Crippen LogP contribution is 2.09. The summed E-state index contributed by atoms with van der Waals surface area (Å²) in [4.78, 5) is 0. The number of aromatic nitrogens is 3. The number of hydrogen-bond donors (Lipinski definition) is 1. The predicted octanol–water partition coefficient (Wildman–Crippen LogP) is 1.67. The van der Waals surface area contributed by atoms with Crippen molar-refractivity contribution in [2.24, 2.45) is 7.05 Å². The van der Waals surface area contributed by atoms with E-state index in [2.05, 4.69) is 46.7 Å². The van der Waals surface area contributed by atoms with Crippen LogP contribution in [0.25, 0.3) is 0 Å². The Hall–Kier alpha value is -1.68. The Bertz CT molecular complexity index is 476. The van der Waals surface area contributed by atoms with Crippen LogP contribution >= 0.6 is 0 Å². The molecule has 0 saturated heterocycles. The Morgan fingerprint density at radius 3 is 2.59 bits per heavy atom. The molecule has 2 aromatic rings. The van der Waals surface area contributed by atoms with E-state index in [9.17, 15) is 0 Å². The zero-order valence-electron chi connectivity index (χ0n) is 10.3. The highest BCUT2D eigenvalue weighted by Gasteiger charge is 2.02. The third-order valence-electron chi connectivity index (χ3n) is 2.90. The van der Waals surface area contributed by atoms with Gasteiger partial charge in [-0.15, -0.1) is 10.2 Å². The second kappa shape index (κ2) is 5.59. The average Bonchev–Trinajstić information content (AvgIpc) is 2.76. The minimum absolute atomic E-state index is 0.745. The van der Waals surface area contributed by atoms with Gasteiger partial charge in [-0.2, -0.15) is 0 Å². The van der Waals surface area contributed by atoms with Gasteiger partial charge < -0.3 is 9.88 Å². The van der Waals surface area contributed by atoms with Crippen LogP contribution in [0, 0.1) is 0 Å². The highest BCUT2D eigenvalue weighted by molar-refractivity contribution is 5.26. The molecule has 1 aromatic carbocycles. The Morgan fingerprint density at radius 1 is 1.18 bits per heavy atom. The molecule has 1 N–H and O–H groups in total. The Kier molecular flexibility index (Phi) is 3.88. The molecule has 4 heteroatoms. The van der Waals surface area contributed by atoms with Crippen molar-refractivity contribution in [1.82, 2.24) is 20.1 Å². The summed E-state index contributed by atoms with van der Waals surface area (Å²) in [6, 6.07) is 8.52. The second-order valence-corrected chi connectivity index (χ2v) is 4.08. The zero-order chi connectivity index (χ0) is 12.1. The van der Waals surface area contributed by atoms with Gasteiger partial charge in [0.1, 0.15) is 12.2 Å². The van der Waals surface area contributed by atoms with E-state index in [0.29, 0.717) is 0 Å². The lowest BCUT2D eigenvalue weighted by Gasteiger charge is -2.08. The van der Waals surface area contributed by atoms with Crippen LogP contribution < -0.4 is 5.32 Å². The molecule has 1 heterocycles. The summed E-state index contributed by atoms with van der Waals surface area (Å²) in [6.07, 6.45) is 2.79. The number of hydrogen-bond acceptors (Lipinski definition) is 3. The predicted molar refractivity (Wildman–Crippen MR) is 67.4 cm³/mol. The second-order valence-electron chi connectivity index (χ2n) is 4.08. The normalized spacial score (nSPS) is 10.7. The molecule has 0 atom stereocenters. The van der Waals surface area contributed by atoms with Crippen LogP contribution in [0.2, 0.25) is 0 Å². The molecule has 4 nitrogen and oxygen atoms in total. The van der Waals surface area contributed by atoms with Gasteiger partial charge in [0.25, 0.3) is 0 Å². The topological polar surface area (TPSA) is 42.7 Å². The van der Waals surface area contributed by atoms with Crippen LogP contribution in [0.4, 0.5) is 0 Å². The first-order chi connectivity index (χ1) is 8.31. The first kappa shape index (κ1) is 11.8. The molecule has 1 aromatic heterocycles. The van der Waals surface area contributed by atoms with Gasteiger partial charge in [0.15, 0.2) is 0 Å². The third kappa shape index (κ3) is 2.91. The molecule has 0 amide bonds. The SMILES string of the molecule is CCc1ccccc1CNCc1nncn1C. The van der Waals surface area contributed by atoms with Gasteiger partial charge >= 0.3 is 0 Å². The summed E-state index contributed by atoms with van der Waals surface area (Å²) >= 11 is 0. The Morgan fingerprint density at radius 2 is 1.94 bits per heavy atom. The van der Waals surface area contributed by atoms with E-state index in [4.69, 9.17) is 0 Å². The van der Waals surface area contributed by atoms with Crippen molar-refractivity contribution in [3.8, 4) is 0 Å². The zero-order valence-corrected chi connectivity index (χ0v) is 10.3. The van der Waals surface area contributed by atoms with E-state index in [-0.39, 0.29) is 0 Å². The number of rotatable bonds is 5. The maximum atomic E-state index is 4.04. The first-order valence-electron chi connectivity index (χ1n) is 5.91. The quantitative estimate of drug-likeness (QED) is 0.849. The van der Waals surface area contributed by atoms with E-state index >= 15 is 0 Å². The third-order valence-corrected chi connectivity index (χ3v) is 2.90. The summed E-state index contributed by atoms with van der Waals surface area (Å²) in [5.74, 6) is 0.957. The summed E-state index contributed by atoms with van der Waals surface area (Å²) < 4.78 is 1.93. The van der Waals surface area contributed by atoms with Crippen LogP contribution in [0.1, 0.15) is 23.9 Å². The summed E-state index contributed by atoms with van der Waals surface area (Å²) in [7, 11) is 1.96. The van der Waals surface area contributed by atoms with Crippen molar-refractivity contribution in [3.63, 3.8) is 0 Å². The molecule has 17 heavy (non-hydrogen) atoms. The Balaban J connectivity index is 1.92. The molecule has 0 saturated carbocycles. The minimum Gasteiger partial charge on any atom is -0.320 e. The van der Waals surface area contributed by atoms with Crippen LogP contribution in [0.15, 0.2) is 30.6 Å². The van der Waals surface area contributed by atoms with Gasteiger partial charge in [0.2, 0.25) is 0 Å². The van der Waals surface area contributed by atoms with Crippen molar-refractivity contribution >= 4 is 0 Å². The van der Waals surface area contributed by atoms with Gasteiger partial charge in [-0.1, -0.05) is 31.2 Å². The van der Waals surface area contributed by atoms with Crippen LogP contribution in [0.5, 0.6) is 0 Å². The van der Waals surface area contributed by atoms with Gasteiger partial charge in [-0.3, -0.25) is 0 Å². The smallest absolute Gasteiger partial charge is 0.146 e. The van der Waals surface area contributed by atoms with Gasteiger partial charge in [0.05, 0.1) is 6.54 Å². The largest absolute Gasteiger partial charge is 0.320 e. The summed E-state index contributed by atoms with van der Waals surface area (Å²) in [5.41, 5.74) is 2.76. The molecule has 0 spiro atoms. The molecule has 90 valence electrons. The number of benzene rings is 1. The monoisotopic (exact) mass is 230 g/mol. The highest BCUT2D eigenvalue weighted by atomic mass is 15.3. The van der Waals surface area contributed by atoms with Crippen molar-refractivity contribution in [1.29, 1.82) is 0 Å². The van der Waals surface area contributed by atoms with Gasteiger partial charge in [-0.05, 0) is 17.5 Å². The van der Waals surface area contributed by atoms with E-state index in [1.54, 1.807) is 6.33 Å². The van der Waals surface area contributed by atoms with E-state index in [0.717, 1.165) is 25.3 Å². The standard InChI is InChI=1S/C13H18N4/c1-3-11-6-4-5-7-12(11)8-14-9-13-16-15-10-17(13)2/h4-7,10,14H,3,8-9H2,1-2H3. The fourth-order valence-corrected chi connectivity index (χ4v) is 1.85. The maximum Gasteiger partial charge on any atom is 0.146 e. The van der Waals surface area contributed by atoms with Gasteiger partial charge in [0, 0.05) is 13.6 Å². The summed E-state index contributed by atoms with van der Waals surface area (Å²) in [5, 5.41) is 11.3. The number of nitrogens with one attached hydrogen (secondary N) is 1. The number of nitrogens with zero attached hydrogens (tertiary/aromatic N) is 3. The van der Waals surface area contributed by atoms with Crippen LogP contribution in [0.3, 0.4) is 0 Å². The Labute approximate surface area is 102 Å². The minimum atomic E-state index is 0.745. The van der Waals surface area contributed by atoms with E-state index < -0.39 is 0 Å². The molecule has 0 bridgehead atoms. The van der Waals surface area contributed by atoms with Crippen molar-refractivity contribution in [2.45, 2.75) is 26.4 Å². The van der Waals surface area contributed by atoms with Crippen molar-refractivity contribution in [3.05, 3.63) is 47.5 Å². The van der Waals surface area contributed by atoms with Crippen LogP contribution in [-0.4, -0.2) is 14.8 Å².